The van der Waals surface area contributed by atoms with Crippen molar-refractivity contribution in [2.75, 3.05) is 12.0 Å². The van der Waals surface area contributed by atoms with Crippen molar-refractivity contribution >= 4 is 11.4 Å². The molecule has 0 aliphatic rings. The zero-order chi connectivity index (χ0) is 30.7. The summed E-state index contributed by atoms with van der Waals surface area (Å²) in [6, 6.07) is 42.6. The lowest BCUT2D eigenvalue weighted by Gasteiger charge is -2.26. The minimum absolute atomic E-state index is 0.785. The Morgan fingerprint density at radius 1 is 0.705 bits per heavy atom. The number of rotatable bonds is 12. The molecule has 0 aliphatic heterocycles. The number of benzene rings is 4. The summed E-state index contributed by atoms with van der Waals surface area (Å²) in [5, 5.41) is 0. The molecule has 1 aromatic heterocycles. The summed E-state index contributed by atoms with van der Waals surface area (Å²) in [4.78, 5) is 7.26. The molecule has 44 heavy (non-hydrogen) atoms. The first kappa shape index (κ1) is 30.3. The zero-order valence-electron chi connectivity index (χ0n) is 25.9. The van der Waals surface area contributed by atoms with E-state index >= 15 is 0 Å². The summed E-state index contributed by atoms with van der Waals surface area (Å²) in [6.07, 6.45) is 9.36. The van der Waals surface area contributed by atoms with Crippen LogP contribution in [-0.2, 0) is 11.2 Å². The maximum Gasteiger partial charge on any atom is 0.114 e. The molecule has 0 fully saturated rings. The highest BCUT2D eigenvalue weighted by Crippen LogP contribution is 2.34. The standard InChI is InChI=1S/C41H40N2O/c1-5-7-14-32-20-22-35(23-21-32)41-30-36(29-40(42-41)34-15-10-8-11-16-34)33-24-26-38(27-25-33)43(37-17-12-9-13-18-37)31(3)19-28-39(6-2)44-4/h6,8-13,15-30H,3,5,7,14H2,1-2,4H3/b28-19-,39-6+. The Morgan fingerprint density at radius 3 is 1.86 bits per heavy atom. The molecular weight excluding hydrogens is 536 g/mol. The largest absolute Gasteiger partial charge is 0.497 e. The predicted octanol–water partition coefficient (Wildman–Crippen LogP) is 11.2. The number of anilines is 2. The van der Waals surface area contributed by atoms with Gasteiger partial charge in [0, 0.05) is 28.2 Å². The van der Waals surface area contributed by atoms with Gasteiger partial charge in [0.05, 0.1) is 18.5 Å². The molecule has 0 aliphatic carbocycles. The van der Waals surface area contributed by atoms with Gasteiger partial charge in [-0.15, -0.1) is 0 Å². The lowest BCUT2D eigenvalue weighted by molar-refractivity contribution is 0.306. The van der Waals surface area contributed by atoms with E-state index in [9.17, 15) is 0 Å². The number of aryl methyl sites for hydroxylation is 1. The van der Waals surface area contributed by atoms with Gasteiger partial charge >= 0.3 is 0 Å². The quantitative estimate of drug-likeness (QED) is 0.109. The second-order valence-electron chi connectivity index (χ2n) is 10.7. The van der Waals surface area contributed by atoms with Crippen LogP contribution in [0.15, 0.2) is 158 Å². The van der Waals surface area contributed by atoms with Crippen LogP contribution in [0, 0.1) is 0 Å². The number of pyridine rings is 1. The lowest BCUT2D eigenvalue weighted by Crippen LogP contribution is -2.14. The number of ether oxygens (including phenoxy) is 1. The van der Waals surface area contributed by atoms with Gasteiger partial charge in [0.25, 0.3) is 0 Å². The van der Waals surface area contributed by atoms with Gasteiger partial charge in [0.2, 0.25) is 0 Å². The number of hydrogen-bond acceptors (Lipinski definition) is 3. The minimum Gasteiger partial charge on any atom is -0.497 e. The summed E-state index contributed by atoms with van der Waals surface area (Å²) in [5.74, 6) is 0.785. The van der Waals surface area contributed by atoms with E-state index in [-0.39, 0.29) is 0 Å². The number of methoxy groups -OCH3 is 1. The molecule has 0 saturated heterocycles. The second-order valence-corrected chi connectivity index (χ2v) is 10.7. The highest BCUT2D eigenvalue weighted by atomic mass is 16.5. The fourth-order valence-corrected chi connectivity index (χ4v) is 5.22. The first-order chi connectivity index (χ1) is 21.6. The van der Waals surface area contributed by atoms with Crippen molar-refractivity contribution in [2.24, 2.45) is 0 Å². The van der Waals surface area contributed by atoms with E-state index in [4.69, 9.17) is 9.72 Å². The van der Waals surface area contributed by atoms with E-state index in [0.29, 0.717) is 0 Å². The van der Waals surface area contributed by atoms with E-state index in [0.717, 1.165) is 62.9 Å². The van der Waals surface area contributed by atoms with Crippen LogP contribution in [0.3, 0.4) is 0 Å². The smallest absolute Gasteiger partial charge is 0.114 e. The third kappa shape index (κ3) is 7.43. The zero-order valence-corrected chi connectivity index (χ0v) is 25.9. The molecule has 0 unspecified atom stereocenters. The summed E-state index contributed by atoms with van der Waals surface area (Å²) in [5.41, 5.74) is 10.7. The molecule has 0 N–H and O–H groups in total. The minimum atomic E-state index is 0.785. The van der Waals surface area contributed by atoms with E-state index in [2.05, 4.69) is 115 Å². The van der Waals surface area contributed by atoms with Gasteiger partial charge < -0.3 is 9.64 Å². The van der Waals surface area contributed by atoms with Crippen LogP contribution in [0.4, 0.5) is 11.4 Å². The molecule has 3 heteroatoms. The number of para-hydroxylation sites is 1. The van der Waals surface area contributed by atoms with Gasteiger partial charge in [-0.05, 0) is 91.1 Å². The van der Waals surface area contributed by atoms with E-state index in [1.165, 1.54) is 18.4 Å². The Kier molecular flexibility index (Phi) is 10.2. The van der Waals surface area contributed by atoms with Crippen molar-refractivity contribution in [3.8, 4) is 33.6 Å². The summed E-state index contributed by atoms with van der Waals surface area (Å²) in [6.45, 7) is 8.58. The van der Waals surface area contributed by atoms with Crippen molar-refractivity contribution in [1.29, 1.82) is 0 Å². The summed E-state index contributed by atoms with van der Waals surface area (Å²) >= 11 is 0. The number of hydrogen-bond donors (Lipinski definition) is 0. The molecule has 0 saturated carbocycles. The first-order valence-corrected chi connectivity index (χ1v) is 15.3. The Balaban J connectivity index is 1.52. The summed E-state index contributed by atoms with van der Waals surface area (Å²) < 4.78 is 5.42. The topological polar surface area (TPSA) is 25.4 Å². The molecule has 3 nitrogen and oxygen atoms in total. The van der Waals surface area contributed by atoms with Crippen LogP contribution in [0.5, 0.6) is 0 Å². The van der Waals surface area contributed by atoms with Crippen molar-refractivity contribution in [3.63, 3.8) is 0 Å². The van der Waals surface area contributed by atoms with Crippen LogP contribution in [0.1, 0.15) is 32.3 Å². The van der Waals surface area contributed by atoms with Gasteiger partial charge in [-0.2, -0.15) is 0 Å². The molecule has 0 radical (unpaired) electrons. The molecular formula is C41H40N2O. The van der Waals surface area contributed by atoms with Crippen molar-refractivity contribution < 1.29 is 4.74 Å². The number of allylic oxidation sites excluding steroid dienone is 3. The Bertz CT molecular complexity index is 1720. The molecule has 5 rings (SSSR count). The predicted molar refractivity (Wildman–Crippen MR) is 187 cm³/mol. The monoisotopic (exact) mass is 576 g/mol. The van der Waals surface area contributed by atoms with Gasteiger partial charge in [-0.3, -0.25) is 0 Å². The fraction of sp³-hybridized carbons (Fsp3) is 0.146. The average Bonchev–Trinajstić information content (AvgIpc) is 3.09. The Labute approximate surface area is 262 Å². The number of aromatic nitrogens is 1. The van der Waals surface area contributed by atoms with Gasteiger partial charge in [0.15, 0.2) is 0 Å². The lowest BCUT2D eigenvalue weighted by atomic mass is 9.98. The number of unbranched alkanes of at least 4 members (excludes halogenated alkanes) is 1. The third-order valence-corrected chi connectivity index (χ3v) is 7.68. The third-order valence-electron chi connectivity index (χ3n) is 7.68. The van der Waals surface area contributed by atoms with Crippen molar-refractivity contribution in [3.05, 3.63) is 163 Å². The second kappa shape index (κ2) is 14.8. The number of nitrogens with zero attached hydrogens (tertiary/aromatic N) is 2. The first-order valence-electron chi connectivity index (χ1n) is 15.3. The van der Waals surface area contributed by atoms with Crippen LogP contribution < -0.4 is 4.90 Å². The SMILES string of the molecule is C=C(/C=C\C(=C/C)OC)N(c1ccccc1)c1ccc(-c2cc(-c3ccccc3)nc(-c3ccc(CCCC)cc3)c2)cc1. The molecule has 0 atom stereocenters. The fourth-order valence-electron chi connectivity index (χ4n) is 5.22. The maximum atomic E-state index is 5.42. The molecule has 0 bridgehead atoms. The van der Waals surface area contributed by atoms with E-state index < -0.39 is 0 Å². The normalized spacial score (nSPS) is 11.5. The molecule has 5 aromatic rings. The van der Waals surface area contributed by atoms with Gasteiger partial charge in [0.1, 0.15) is 5.76 Å². The van der Waals surface area contributed by atoms with Crippen LogP contribution in [0.2, 0.25) is 0 Å². The van der Waals surface area contributed by atoms with Crippen LogP contribution in [-0.4, -0.2) is 12.1 Å². The van der Waals surface area contributed by atoms with Crippen LogP contribution in [0.25, 0.3) is 33.6 Å². The van der Waals surface area contributed by atoms with Crippen molar-refractivity contribution in [2.45, 2.75) is 33.1 Å². The average molecular weight is 577 g/mol. The highest BCUT2D eigenvalue weighted by molar-refractivity contribution is 5.78. The Hall–Kier alpha value is -5.15. The molecule has 220 valence electrons. The van der Waals surface area contributed by atoms with Crippen LogP contribution >= 0.6 is 0 Å². The van der Waals surface area contributed by atoms with E-state index in [1.54, 1.807) is 7.11 Å². The van der Waals surface area contributed by atoms with Gasteiger partial charge in [-0.25, -0.2) is 4.98 Å². The van der Waals surface area contributed by atoms with Crippen molar-refractivity contribution in [1.82, 2.24) is 4.98 Å². The molecule has 0 spiro atoms. The molecule has 4 aromatic carbocycles. The van der Waals surface area contributed by atoms with E-state index in [1.807, 2.05) is 49.4 Å². The molecule has 0 amide bonds. The van der Waals surface area contributed by atoms with Gasteiger partial charge in [-0.1, -0.05) is 105 Å². The Morgan fingerprint density at radius 2 is 1.27 bits per heavy atom. The maximum absolute atomic E-state index is 5.42. The summed E-state index contributed by atoms with van der Waals surface area (Å²) in [7, 11) is 1.67. The highest BCUT2D eigenvalue weighted by Gasteiger charge is 2.13. The molecule has 1 heterocycles.